The third-order valence-electron chi connectivity index (χ3n) is 2.28. The molecule has 5 heteroatoms. The fourth-order valence-corrected chi connectivity index (χ4v) is 1.41. The quantitative estimate of drug-likeness (QED) is 0.760. The van der Waals surface area contributed by atoms with Crippen LogP contribution in [0.5, 0.6) is 0 Å². The molecule has 88 valence electrons. The van der Waals surface area contributed by atoms with E-state index in [9.17, 15) is 13.2 Å². The number of benzene rings is 1. The van der Waals surface area contributed by atoms with E-state index in [1.165, 1.54) is 6.07 Å². The Morgan fingerprint density at radius 1 is 1.00 bits per heavy atom. The van der Waals surface area contributed by atoms with E-state index in [2.05, 4.69) is 10.2 Å². The minimum atomic E-state index is -4.34. The zero-order valence-electron chi connectivity index (χ0n) is 8.99. The molecule has 1 aromatic carbocycles. The number of hydrogen-bond acceptors (Lipinski definition) is 2. The highest BCUT2D eigenvalue weighted by atomic mass is 19.4. The maximum atomic E-state index is 12.5. The molecule has 0 saturated heterocycles. The van der Waals surface area contributed by atoms with E-state index in [0.29, 0.717) is 11.3 Å². The van der Waals surface area contributed by atoms with Gasteiger partial charge in [-0.2, -0.15) is 23.4 Å². The molecule has 17 heavy (non-hydrogen) atoms. The molecule has 0 spiro atoms. The monoisotopic (exact) mass is 238 g/mol. The van der Waals surface area contributed by atoms with Gasteiger partial charge >= 0.3 is 6.18 Å². The van der Waals surface area contributed by atoms with Gasteiger partial charge < -0.3 is 0 Å². The zero-order chi connectivity index (χ0) is 12.5. The lowest BCUT2D eigenvalue weighted by molar-refractivity contribution is -0.137. The molecular formula is C12H9F3N2. The van der Waals surface area contributed by atoms with Gasteiger partial charge in [0.15, 0.2) is 0 Å². The summed E-state index contributed by atoms with van der Waals surface area (Å²) in [4.78, 5) is 0. The van der Waals surface area contributed by atoms with Gasteiger partial charge in [-0.15, -0.1) is 0 Å². The number of halogens is 3. The molecule has 0 saturated carbocycles. The van der Waals surface area contributed by atoms with Crippen molar-refractivity contribution in [2.45, 2.75) is 13.1 Å². The molecule has 0 unspecified atom stereocenters. The molecule has 0 N–H and O–H groups in total. The topological polar surface area (TPSA) is 25.8 Å². The summed E-state index contributed by atoms with van der Waals surface area (Å²) in [5.74, 6) is 0. The number of alkyl halides is 3. The standard InChI is InChI=1S/C12H9F3N2/c1-8-5-6-11(17-16-8)9-3-2-4-10(7-9)12(13,14)15/h2-7H,1H3. The Hall–Kier alpha value is -1.91. The number of aryl methyl sites for hydroxylation is 1. The second kappa shape index (κ2) is 4.16. The number of nitrogens with zero attached hydrogens (tertiary/aromatic N) is 2. The van der Waals surface area contributed by atoms with Crippen LogP contribution in [0.15, 0.2) is 36.4 Å². The molecule has 1 aromatic heterocycles. The summed E-state index contributed by atoms with van der Waals surface area (Å²) in [7, 11) is 0. The minimum absolute atomic E-state index is 0.410. The van der Waals surface area contributed by atoms with E-state index >= 15 is 0 Å². The van der Waals surface area contributed by atoms with Gasteiger partial charge in [-0.05, 0) is 31.2 Å². The van der Waals surface area contributed by atoms with E-state index in [-0.39, 0.29) is 0 Å². The van der Waals surface area contributed by atoms with Gasteiger partial charge in [0.1, 0.15) is 0 Å². The normalized spacial score (nSPS) is 11.5. The van der Waals surface area contributed by atoms with Crippen molar-refractivity contribution in [2.75, 3.05) is 0 Å². The first kappa shape index (κ1) is 11.6. The van der Waals surface area contributed by atoms with Crippen LogP contribution in [0.2, 0.25) is 0 Å². The molecule has 0 atom stereocenters. The second-order valence-electron chi connectivity index (χ2n) is 3.64. The Balaban J connectivity index is 2.43. The highest BCUT2D eigenvalue weighted by Crippen LogP contribution is 2.31. The van der Waals surface area contributed by atoms with Crippen LogP contribution >= 0.6 is 0 Å². The van der Waals surface area contributed by atoms with E-state index in [0.717, 1.165) is 17.8 Å². The molecule has 0 bridgehead atoms. The molecule has 2 rings (SSSR count). The summed E-state index contributed by atoms with van der Waals surface area (Å²) >= 11 is 0. The van der Waals surface area contributed by atoms with Crippen molar-refractivity contribution in [1.82, 2.24) is 10.2 Å². The van der Waals surface area contributed by atoms with Crippen LogP contribution in [-0.4, -0.2) is 10.2 Å². The predicted octanol–water partition coefficient (Wildman–Crippen LogP) is 3.47. The first-order valence-electron chi connectivity index (χ1n) is 4.95. The molecule has 2 nitrogen and oxygen atoms in total. The van der Waals surface area contributed by atoms with Crippen molar-refractivity contribution in [3.63, 3.8) is 0 Å². The van der Waals surface area contributed by atoms with Crippen LogP contribution in [0.4, 0.5) is 13.2 Å². The van der Waals surface area contributed by atoms with Crippen LogP contribution in [0.3, 0.4) is 0 Å². The SMILES string of the molecule is Cc1ccc(-c2cccc(C(F)(F)F)c2)nn1. The van der Waals surface area contributed by atoms with Gasteiger partial charge in [0.05, 0.1) is 17.0 Å². The number of rotatable bonds is 1. The lowest BCUT2D eigenvalue weighted by Gasteiger charge is -2.08. The van der Waals surface area contributed by atoms with Gasteiger partial charge in [-0.1, -0.05) is 12.1 Å². The van der Waals surface area contributed by atoms with Gasteiger partial charge in [0.2, 0.25) is 0 Å². The minimum Gasteiger partial charge on any atom is -0.166 e. The molecule has 0 aliphatic heterocycles. The molecular weight excluding hydrogens is 229 g/mol. The fourth-order valence-electron chi connectivity index (χ4n) is 1.41. The summed E-state index contributed by atoms with van der Waals surface area (Å²) in [5.41, 5.74) is 0.882. The lowest BCUT2D eigenvalue weighted by atomic mass is 10.1. The average molecular weight is 238 g/mol. The largest absolute Gasteiger partial charge is 0.416 e. The third-order valence-corrected chi connectivity index (χ3v) is 2.28. The third kappa shape index (κ3) is 2.61. The van der Waals surface area contributed by atoms with E-state index in [1.54, 1.807) is 25.1 Å². The van der Waals surface area contributed by atoms with Crippen LogP contribution < -0.4 is 0 Å². The van der Waals surface area contributed by atoms with Crippen molar-refractivity contribution in [1.29, 1.82) is 0 Å². The second-order valence-corrected chi connectivity index (χ2v) is 3.64. The molecule has 2 aromatic rings. The van der Waals surface area contributed by atoms with Crippen LogP contribution in [0, 0.1) is 6.92 Å². The van der Waals surface area contributed by atoms with Crippen LogP contribution in [-0.2, 0) is 6.18 Å². The maximum Gasteiger partial charge on any atom is 0.416 e. The highest BCUT2D eigenvalue weighted by molar-refractivity contribution is 5.59. The van der Waals surface area contributed by atoms with Crippen molar-refractivity contribution < 1.29 is 13.2 Å². The molecule has 0 aliphatic rings. The summed E-state index contributed by atoms with van der Waals surface area (Å²) in [6.07, 6.45) is -4.34. The highest BCUT2D eigenvalue weighted by Gasteiger charge is 2.30. The Kier molecular flexibility index (Phi) is 2.83. The van der Waals surface area contributed by atoms with Crippen molar-refractivity contribution >= 4 is 0 Å². The van der Waals surface area contributed by atoms with Gasteiger partial charge in [0, 0.05) is 5.56 Å². The number of aromatic nitrogens is 2. The van der Waals surface area contributed by atoms with Gasteiger partial charge in [-0.3, -0.25) is 0 Å². The van der Waals surface area contributed by atoms with Crippen LogP contribution in [0.25, 0.3) is 11.3 Å². The van der Waals surface area contributed by atoms with E-state index in [4.69, 9.17) is 0 Å². The smallest absolute Gasteiger partial charge is 0.166 e. The van der Waals surface area contributed by atoms with Crippen molar-refractivity contribution in [3.8, 4) is 11.3 Å². The summed E-state index contributed by atoms with van der Waals surface area (Å²) in [6.45, 7) is 1.77. The van der Waals surface area contributed by atoms with Gasteiger partial charge in [-0.25, -0.2) is 0 Å². The summed E-state index contributed by atoms with van der Waals surface area (Å²) in [5, 5.41) is 7.67. The Bertz CT molecular complexity index is 518. The first-order chi connectivity index (χ1) is 7.97. The average Bonchev–Trinajstić information content (AvgIpc) is 2.29. The molecule has 0 radical (unpaired) electrons. The first-order valence-corrected chi connectivity index (χ1v) is 4.95. The molecule has 0 amide bonds. The Morgan fingerprint density at radius 3 is 2.35 bits per heavy atom. The maximum absolute atomic E-state index is 12.5. The van der Waals surface area contributed by atoms with Crippen LogP contribution in [0.1, 0.15) is 11.3 Å². The molecule has 0 aliphatic carbocycles. The Labute approximate surface area is 96.1 Å². The van der Waals surface area contributed by atoms with Gasteiger partial charge in [0.25, 0.3) is 0 Å². The van der Waals surface area contributed by atoms with E-state index in [1.807, 2.05) is 0 Å². The molecule has 0 fully saturated rings. The lowest BCUT2D eigenvalue weighted by Crippen LogP contribution is -2.04. The Morgan fingerprint density at radius 2 is 1.76 bits per heavy atom. The zero-order valence-corrected chi connectivity index (χ0v) is 8.99. The van der Waals surface area contributed by atoms with E-state index < -0.39 is 11.7 Å². The predicted molar refractivity (Wildman–Crippen MR) is 57.2 cm³/mol. The number of hydrogen-bond donors (Lipinski definition) is 0. The van der Waals surface area contributed by atoms with Crippen molar-refractivity contribution in [2.24, 2.45) is 0 Å². The summed E-state index contributed by atoms with van der Waals surface area (Å²) < 4.78 is 37.5. The fraction of sp³-hybridized carbons (Fsp3) is 0.167. The molecule has 1 heterocycles. The summed E-state index contributed by atoms with van der Waals surface area (Å²) in [6, 6.07) is 8.40. The van der Waals surface area contributed by atoms with Crippen molar-refractivity contribution in [3.05, 3.63) is 47.7 Å².